The molecule has 0 saturated heterocycles. The molecule has 0 fully saturated rings. The van der Waals surface area contributed by atoms with E-state index in [1.54, 1.807) is 37.3 Å². The molecule has 0 saturated carbocycles. The monoisotopic (exact) mass is 277 g/mol. The summed E-state index contributed by atoms with van der Waals surface area (Å²) < 4.78 is 21.4. The number of carbonyl (C=O) groups excluding carboxylic acids is 1. The average molecular weight is 278 g/mol. The van der Waals surface area contributed by atoms with Crippen molar-refractivity contribution in [2.24, 2.45) is 0 Å². The minimum absolute atomic E-state index is 0.257. The van der Waals surface area contributed by atoms with E-state index in [-0.39, 0.29) is 13.2 Å². The quantitative estimate of drug-likeness (QED) is 0.639. The summed E-state index contributed by atoms with van der Waals surface area (Å²) in [5.74, 6) is -0.174. The van der Waals surface area contributed by atoms with Gasteiger partial charge in [-0.2, -0.15) is 0 Å². The van der Waals surface area contributed by atoms with Crippen LogP contribution >= 0.6 is 18.1 Å². The van der Waals surface area contributed by atoms with Crippen molar-refractivity contribution in [2.75, 3.05) is 13.2 Å². The molecule has 0 aromatic heterocycles. The molecule has 0 spiro atoms. The molecule has 0 aliphatic rings. The van der Waals surface area contributed by atoms with Crippen LogP contribution in [0.2, 0.25) is 0 Å². The number of para-hydroxylation sites is 1. The van der Waals surface area contributed by atoms with Gasteiger partial charge < -0.3 is 9.26 Å². The molecule has 94 valence electrons. The standard InChI is InChI=1S/C10H13ClNO4P/c1-2-15-10(13)8-12-17(11,14)16-9-6-4-3-5-7-9/h3-7H,2,8H2,1H3,(H,12,14). The molecular formula is C10H13ClNO4P. The first-order valence-corrected chi connectivity index (χ1v) is 7.51. The minimum atomic E-state index is -3.57. The first-order chi connectivity index (χ1) is 8.03. The topological polar surface area (TPSA) is 64.6 Å². The van der Waals surface area contributed by atoms with E-state index >= 15 is 0 Å². The van der Waals surface area contributed by atoms with Crippen molar-refractivity contribution in [3.05, 3.63) is 30.3 Å². The van der Waals surface area contributed by atoms with E-state index in [1.807, 2.05) is 0 Å². The summed E-state index contributed by atoms with van der Waals surface area (Å²) in [6, 6.07) is 8.45. The summed E-state index contributed by atoms with van der Waals surface area (Å²) in [4.78, 5) is 11.0. The van der Waals surface area contributed by atoms with E-state index < -0.39 is 12.8 Å². The Hall–Kier alpha value is -1.03. The molecule has 5 nitrogen and oxygen atoms in total. The van der Waals surface area contributed by atoms with Crippen molar-refractivity contribution in [1.29, 1.82) is 0 Å². The Bertz CT molecular complexity index is 412. The molecule has 17 heavy (non-hydrogen) atoms. The molecule has 7 heteroatoms. The van der Waals surface area contributed by atoms with Crippen molar-refractivity contribution in [3.63, 3.8) is 0 Å². The molecule has 0 heterocycles. The van der Waals surface area contributed by atoms with E-state index in [9.17, 15) is 9.36 Å². The number of hydrogen-bond donors (Lipinski definition) is 1. The number of benzene rings is 1. The van der Waals surface area contributed by atoms with Crippen LogP contribution in [0.3, 0.4) is 0 Å². The highest BCUT2D eigenvalue weighted by Gasteiger charge is 2.22. The van der Waals surface area contributed by atoms with Gasteiger partial charge >= 0.3 is 12.8 Å². The lowest BCUT2D eigenvalue weighted by Gasteiger charge is -2.13. The van der Waals surface area contributed by atoms with Crippen LogP contribution in [0.25, 0.3) is 0 Å². The molecule has 1 N–H and O–H groups in total. The molecule has 1 rings (SSSR count). The van der Waals surface area contributed by atoms with Gasteiger partial charge in [0.05, 0.1) is 6.61 Å². The van der Waals surface area contributed by atoms with Gasteiger partial charge in [0.25, 0.3) is 0 Å². The molecule has 1 atom stereocenters. The van der Waals surface area contributed by atoms with Gasteiger partial charge in [0.2, 0.25) is 0 Å². The molecule has 1 aromatic rings. The van der Waals surface area contributed by atoms with Crippen LogP contribution in [0.4, 0.5) is 0 Å². The fraction of sp³-hybridized carbons (Fsp3) is 0.300. The fourth-order valence-electron chi connectivity index (χ4n) is 1.02. The third-order valence-electron chi connectivity index (χ3n) is 1.68. The Morgan fingerprint density at radius 1 is 1.41 bits per heavy atom. The summed E-state index contributed by atoms with van der Waals surface area (Å²) in [5, 5.41) is 2.32. The third-order valence-corrected chi connectivity index (χ3v) is 3.23. The van der Waals surface area contributed by atoms with Crippen LogP contribution in [0.1, 0.15) is 6.92 Å². The fourth-order valence-corrected chi connectivity index (χ4v) is 2.21. The van der Waals surface area contributed by atoms with E-state index in [1.165, 1.54) is 0 Å². The molecule has 0 aliphatic heterocycles. The summed E-state index contributed by atoms with van der Waals surface area (Å²) in [7, 11) is 0. The molecular weight excluding hydrogens is 265 g/mol. The minimum Gasteiger partial charge on any atom is -0.465 e. The summed E-state index contributed by atoms with van der Waals surface area (Å²) in [5.41, 5.74) is 0. The van der Waals surface area contributed by atoms with Crippen molar-refractivity contribution in [2.45, 2.75) is 6.92 Å². The second kappa shape index (κ2) is 6.64. The zero-order valence-corrected chi connectivity index (χ0v) is 10.9. The van der Waals surface area contributed by atoms with Crippen molar-refractivity contribution in [3.8, 4) is 5.75 Å². The predicted molar refractivity (Wildman–Crippen MR) is 65.2 cm³/mol. The van der Waals surface area contributed by atoms with Crippen molar-refractivity contribution in [1.82, 2.24) is 5.09 Å². The lowest BCUT2D eigenvalue weighted by Crippen LogP contribution is -2.22. The molecule has 0 radical (unpaired) electrons. The molecule has 0 bridgehead atoms. The lowest BCUT2D eigenvalue weighted by atomic mass is 10.3. The number of hydrogen-bond acceptors (Lipinski definition) is 4. The normalized spacial score (nSPS) is 13.8. The first kappa shape index (κ1) is 14.0. The van der Waals surface area contributed by atoms with E-state index in [4.69, 9.17) is 15.8 Å². The van der Waals surface area contributed by atoms with Gasteiger partial charge in [-0.3, -0.25) is 4.79 Å². The van der Waals surface area contributed by atoms with Crippen molar-refractivity contribution >= 4 is 24.1 Å². The highest BCUT2D eigenvalue weighted by molar-refractivity contribution is 7.84. The van der Waals surface area contributed by atoms with Crippen LogP contribution < -0.4 is 9.61 Å². The maximum absolute atomic E-state index is 11.7. The van der Waals surface area contributed by atoms with Gasteiger partial charge in [-0.05, 0) is 19.1 Å². The van der Waals surface area contributed by atoms with E-state index in [2.05, 4.69) is 9.82 Å². The zero-order valence-electron chi connectivity index (χ0n) is 9.26. The van der Waals surface area contributed by atoms with Gasteiger partial charge in [0.15, 0.2) is 0 Å². The number of halogens is 1. The Morgan fingerprint density at radius 3 is 2.65 bits per heavy atom. The van der Waals surface area contributed by atoms with Gasteiger partial charge in [0.1, 0.15) is 12.3 Å². The summed E-state index contributed by atoms with van der Waals surface area (Å²) in [6.45, 7) is -1.90. The first-order valence-electron chi connectivity index (χ1n) is 4.98. The molecule has 1 aromatic carbocycles. The van der Waals surface area contributed by atoms with Gasteiger partial charge in [0, 0.05) is 11.2 Å². The Kier molecular flexibility index (Phi) is 5.48. The number of carbonyl (C=O) groups is 1. The lowest BCUT2D eigenvalue weighted by molar-refractivity contribution is -0.141. The Labute approximate surface area is 104 Å². The van der Waals surface area contributed by atoms with Crippen LogP contribution in [0, 0.1) is 0 Å². The Balaban J connectivity index is 2.46. The zero-order chi connectivity index (χ0) is 12.7. The summed E-state index contributed by atoms with van der Waals surface area (Å²) in [6.07, 6.45) is 0. The second-order valence-electron chi connectivity index (χ2n) is 3.02. The van der Waals surface area contributed by atoms with Crippen LogP contribution in [-0.2, 0) is 14.1 Å². The highest BCUT2D eigenvalue weighted by Crippen LogP contribution is 2.47. The van der Waals surface area contributed by atoms with Gasteiger partial charge in [-0.15, -0.1) is 0 Å². The van der Waals surface area contributed by atoms with Crippen LogP contribution in [0.15, 0.2) is 30.3 Å². The van der Waals surface area contributed by atoms with Crippen LogP contribution in [0.5, 0.6) is 5.75 Å². The SMILES string of the molecule is CCOC(=O)CNP(=O)(Cl)Oc1ccccc1. The highest BCUT2D eigenvalue weighted by atomic mass is 35.7. The smallest absolute Gasteiger partial charge is 0.409 e. The maximum Gasteiger partial charge on any atom is 0.409 e. The average Bonchev–Trinajstić information content (AvgIpc) is 2.28. The number of nitrogens with one attached hydrogen (secondary N) is 1. The second-order valence-corrected chi connectivity index (χ2v) is 5.82. The number of ether oxygens (including phenoxy) is 1. The number of rotatable bonds is 6. The summed E-state index contributed by atoms with van der Waals surface area (Å²) >= 11 is 5.63. The van der Waals surface area contributed by atoms with E-state index in [0.717, 1.165) is 0 Å². The van der Waals surface area contributed by atoms with Crippen LogP contribution in [-0.4, -0.2) is 19.1 Å². The van der Waals surface area contributed by atoms with E-state index in [0.29, 0.717) is 5.75 Å². The Morgan fingerprint density at radius 2 is 2.06 bits per heavy atom. The molecule has 0 aliphatic carbocycles. The molecule has 1 unspecified atom stereocenters. The van der Waals surface area contributed by atoms with Gasteiger partial charge in [-0.1, -0.05) is 18.2 Å². The largest absolute Gasteiger partial charge is 0.465 e. The third kappa shape index (κ3) is 5.73. The molecule has 0 amide bonds. The predicted octanol–water partition coefficient (Wildman–Crippen LogP) is 2.57. The van der Waals surface area contributed by atoms with Gasteiger partial charge in [-0.25, -0.2) is 9.65 Å². The van der Waals surface area contributed by atoms with Crippen molar-refractivity contribution < 1.29 is 18.6 Å². The maximum atomic E-state index is 11.7. The number of esters is 1.